The number of carbonyl (C=O) groups is 1. The lowest BCUT2D eigenvalue weighted by atomic mass is 10.1. The van der Waals surface area contributed by atoms with Gasteiger partial charge in [0.2, 0.25) is 0 Å². The predicted molar refractivity (Wildman–Crippen MR) is 107 cm³/mol. The predicted octanol–water partition coefficient (Wildman–Crippen LogP) is 3.04. The first-order valence-corrected chi connectivity index (χ1v) is 9.60. The number of rotatable bonds is 9. The van der Waals surface area contributed by atoms with E-state index in [1.54, 1.807) is 11.5 Å². The molecule has 1 aromatic heterocycles. The van der Waals surface area contributed by atoms with E-state index >= 15 is 0 Å². The number of thiophene rings is 1. The second-order valence-electron chi connectivity index (χ2n) is 6.16. The van der Waals surface area contributed by atoms with Crippen LogP contribution in [0.1, 0.15) is 27.2 Å². The number of fused-ring (bicyclic) bond motifs is 1. The fourth-order valence-corrected chi connectivity index (χ4v) is 3.70. The Morgan fingerprint density at radius 1 is 1.07 bits per heavy atom. The monoisotopic (exact) mass is 385 g/mol. The Bertz CT molecular complexity index is 893. The maximum absolute atomic E-state index is 11.5. The summed E-state index contributed by atoms with van der Waals surface area (Å²) in [4.78, 5) is 12.0. The molecule has 0 saturated heterocycles. The molecule has 0 spiro atoms. The zero-order valence-corrected chi connectivity index (χ0v) is 15.7. The van der Waals surface area contributed by atoms with Crippen molar-refractivity contribution >= 4 is 27.3 Å². The number of hydroxylamine groups is 1. The van der Waals surface area contributed by atoms with Crippen LogP contribution >= 0.6 is 11.3 Å². The van der Waals surface area contributed by atoms with E-state index < -0.39 is 5.91 Å². The molecule has 0 saturated carbocycles. The second-order valence-corrected chi connectivity index (χ2v) is 7.25. The molecule has 3 aromatic rings. The third kappa shape index (κ3) is 5.27. The molecule has 0 bridgehead atoms. The van der Waals surface area contributed by atoms with Gasteiger partial charge in [-0.3, -0.25) is 10.0 Å². The summed E-state index contributed by atoms with van der Waals surface area (Å²) in [6, 6.07) is 15.9. The fraction of sp³-hybridized carbons (Fsp3) is 0.250. The molecule has 1 heterocycles. The van der Waals surface area contributed by atoms with Gasteiger partial charge in [0.1, 0.15) is 5.75 Å². The molecule has 2 aromatic carbocycles. The van der Waals surface area contributed by atoms with Crippen LogP contribution in [0, 0.1) is 0 Å². The summed E-state index contributed by atoms with van der Waals surface area (Å²) in [7, 11) is 0. The minimum absolute atomic E-state index is 0.480. The highest BCUT2D eigenvalue weighted by Crippen LogP contribution is 2.26. The van der Waals surface area contributed by atoms with Gasteiger partial charge in [0.05, 0.1) is 11.5 Å². The van der Waals surface area contributed by atoms with Crippen molar-refractivity contribution in [3.05, 3.63) is 64.5 Å². The third-order valence-corrected chi connectivity index (χ3v) is 5.21. The van der Waals surface area contributed by atoms with Gasteiger partial charge in [-0.25, -0.2) is 5.48 Å². The quantitative estimate of drug-likeness (QED) is 0.258. The van der Waals surface area contributed by atoms with Gasteiger partial charge in [0.15, 0.2) is 0 Å². The van der Waals surface area contributed by atoms with Gasteiger partial charge in [-0.15, -0.1) is 11.3 Å². The van der Waals surface area contributed by atoms with E-state index in [9.17, 15) is 4.79 Å². The third-order valence-electron chi connectivity index (χ3n) is 4.11. The summed E-state index contributed by atoms with van der Waals surface area (Å²) in [6.45, 7) is 2.75. The first-order chi connectivity index (χ1) is 13.2. The summed E-state index contributed by atoms with van der Waals surface area (Å²) < 4.78 is 6.62. The smallest absolute Gasteiger partial charge is 0.284 e. The Hall–Kier alpha value is -2.45. The van der Waals surface area contributed by atoms with Crippen molar-refractivity contribution in [2.45, 2.75) is 19.5 Å². The van der Waals surface area contributed by atoms with Crippen molar-refractivity contribution in [1.29, 1.82) is 0 Å². The Balaban J connectivity index is 1.53. The van der Waals surface area contributed by atoms with E-state index in [2.05, 4.69) is 11.4 Å². The van der Waals surface area contributed by atoms with Crippen molar-refractivity contribution in [1.82, 2.24) is 10.8 Å². The number of hydrogen-bond donors (Lipinski definition) is 4. The van der Waals surface area contributed by atoms with Gasteiger partial charge >= 0.3 is 0 Å². The Kier molecular flexibility index (Phi) is 6.78. The molecule has 27 heavy (non-hydrogen) atoms. The highest BCUT2D eigenvalue weighted by Gasteiger charge is 2.09. The molecule has 6 nitrogen and oxygen atoms in total. The van der Waals surface area contributed by atoms with Gasteiger partial charge < -0.3 is 15.8 Å². The molecular weight excluding hydrogens is 362 g/mol. The molecule has 0 unspecified atom stereocenters. The molecule has 1 amide bonds. The normalized spacial score (nSPS) is 10.9. The van der Waals surface area contributed by atoms with Crippen LogP contribution in [0.2, 0.25) is 0 Å². The van der Waals surface area contributed by atoms with Gasteiger partial charge in [-0.05, 0) is 53.7 Å². The summed E-state index contributed by atoms with van der Waals surface area (Å²) in [5.74, 6) is 0.379. The van der Waals surface area contributed by atoms with Crippen LogP contribution in [-0.2, 0) is 13.1 Å². The largest absolute Gasteiger partial charge is 0.494 e. The number of carbonyl (C=O) groups excluding carboxylic acids is 1. The van der Waals surface area contributed by atoms with E-state index in [4.69, 9.17) is 15.7 Å². The Morgan fingerprint density at radius 2 is 1.81 bits per heavy atom. The Morgan fingerprint density at radius 3 is 2.56 bits per heavy atom. The molecule has 0 aliphatic carbocycles. The van der Waals surface area contributed by atoms with Gasteiger partial charge in [0.25, 0.3) is 5.91 Å². The van der Waals surface area contributed by atoms with Gasteiger partial charge in [-0.2, -0.15) is 0 Å². The molecule has 0 aliphatic rings. The molecule has 3 rings (SSSR count). The first kappa shape index (κ1) is 19.3. The van der Waals surface area contributed by atoms with Crippen LogP contribution in [0.15, 0.2) is 48.5 Å². The number of ether oxygens (including phenoxy) is 1. The maximum atomic E-state index is 11.5. The summed E-state index contributed by atoms with van der Waals surface area (Å²) >= 11 is 1.36. The van der Waals surface area contributed by atoms with Crippen LogP contribution in [0.5, 0.6) is 5.75 Å². The SMILES string of the molecule is NCCCOc1ccc(CNCc2ccc3cc(C(=O)NO)sc3c2)cc1. The highest BCUT2D eigenvalue weighted by atomic mass is 32.1. The fourth-order valence-electron chi connectivity index (χ4n) is 2.68. The van der Waals surface area contributed by atoms with Gasteiger partial charge in [-0.1, -0.05) is 24.3 Å². The lowest BCUT2D eigenvalue weighted by molar-refractivity contribution is 0.0711. The van der Waals surface area contributed by atoms with Crippen LogP contribution < -0.4 is 21.3 Å². The van der Waals surface area contributed by atoms with Crippen LogP contribution in [-0.4, -0.2) is 24.3 Å². The molecule has 0 radical (unpaired) electrons. The molecule has 0 fully saturated rings. The Labute approximate surface area is 161 Å². The highest BCUT2D eigenvalue weighted by molar-refractivity contribution is 7.20. The van der Waals surface area contributed by atoms with E-state index in [0.29, 0.717) is 18.0 Å². The van der Waals surface area contributed by atoms with Crippen molar-refractivity contribution in [2.75, 3.05) is 13.2 Å². The van der Waals surface area contributed by atoms with Crippen molar-refractivity contribution in [2.24, 2.45) is 5.73 Å². The average molecular weight is 385 g/mol. The lowest BCUT2D eigenvalue weighted by Crippen LogP contribution is -2.16. The summed E-state index contributed by atoms with van der Waals surface area (Å²) in [6.07, 6.45) is 0.851. The number of benzene rings is 2. The van der Waals surface area contributed by atoms with Crippen LogP contribution in [0.25, 0.3) is 10.1 Å². The zero-order chi connectivity index (χ0) is 19.1. The van der Waals surface area contributed by atoms with E-state index in [-0.39, 0.29) is 0 Å². The van der Waals surface area contributed by atoms with Crippen molar-refractivity contribution in [3.63, 3.8) is 0 Å². The van der Waals surface area contributed by atoms with E-state index in [0.717, 1.165) is 40.9 Å². The number of hydrogen-bond acceptors (Lipinski definition) is 6. The number of nitrogens with two attached hydrogens (primary N) is 1. The van der Waals surface area contributed by atoms with E-state index in [1.165, 1.54) is 16.9 Å². The molecular formula is C20H23N3O3S. The number of amides is 1. The number of nitrogens with one attached hydrogen (secondary N) is 2. The molecule has 142 valence electrons. The average Bonchev–Trinajstić information content (AvgIpc) is 3.12. The molecule has 0 atom stereocenters. The minimum atomic E-state index is -0.480. The topological polar surface area (TPSA) is 96.6 Å². The molecule has 5 N–H and O–H groups in total. The van der Waals surface area contributed by atoms with E-state index in [1.807, 2.05) is 36.4 Å². The van der Waals surface area contributed by atoms with Crippen molar-refractivity contribution < 1.29 is 14.7 Å². The van der Waals surface area contributed by atoms with Crippen LogP contribution in [0.3, 0.4) is 0 Å². The van der Waals surface area contributed by atoms with Crippen molar-refractivity contribution in [3.8, 4) is 5.75 Å². The van der Waals surface area contributed by atoms with Gasteiger partial charge in [0, 0.05) is 17.8 Å². The summed E-state index contributed by atoms with van der Waals surface area (Å²) in [5.41, 5.74) is 9.45. The first-order valence-electron chi connectivity index (χ1n) is 8.79. The standard InChI is InChI=1S/C20H23N3O3S/c21-8-1-9-26-17-6-3-14(4-7-17)12-22-13-15-2-5-16-11-19(20(24)23-25)27-18(16)10-15/h2-7,10-11,22,25H,1,8-9,12-13,21H2,(H,23,24). The summed E-state index contributed by atoms with van der Waals surface area (Å²) in [5, 5.41) is 13.2. The molecule has 7 heteroatoms. The zero-order valence-electron chi connectivity index (χ0n) is 14.9. The lowest BCUT2D eigenvalue weighted by Gasteiger charge is -2.08. The van der Waals surface area contributed by atoms with Crippen LogP contribution in [0.4, 0.5) is 0 Å². The second kappa shape index (κ2) is 9.48. The minimum Gasteiger partial charge on any atom is -0.494 e. The maximum Gasteiger partial charge on any atom is 0.284 e. The molecule has 0 aliphatic heterocycles.